The van der Waals surface area contributed by atoms with Gasteiger partial charge in [0.1, 0.15) is 0 Å². The SMILES string of the molecule is CC(C)C(C)C(=O)NCC(C)(C)CCl. The first kappa shape index (κ1) is 13.8. The zero-order chi connectivity index (χ0) is 11.4. The quantitative estimate of drug-likeness (QED) is 0.708. The summed E-state index contributed by atoms with van der Waals surface area (Å²) in [6.07, 6.45) is 0. The Morgan fingerprint density at radius 2 is 1.86 bits per heavy atom. The van der Waals surface area contributed by atoms with Gasteiger partial charge in [0.2, 0.25) is 5.91 Å². The van der Waals surface area contributed by atoms with E-state index in [0.717, 1.165) is 0 Å². The van der Waals surface area contributed by atoms with Crippen molar-refractivity contribution in [3.05, 3.63) is 0 Å². The lowest BCUT2D eigenvalue weighted by molar-refractivity contribution is -0.126. The molecule has 84 valence electrons. The van der Waals surface area contributed by atoms with Gasteiger partial charge in [0.05, 0.1) is 0 Å². The Morgan fingerprint density at radius 3 is 2.21 bits per heavy atom. The van der Waals surface area contributed by atoms with Crippen molar-refractivity contribution in [2.75, 3.05) is 12.4 Å². The fourth-order valence-electron chi connectivity index (χ4n) is 0.837. The zero-order valence-corrected chi connectivity index (χ0v) is 10.6. The zero-order valence-electron chi connectivity index (χ0n) is 9.86. The molecule has 0 spiro atoms. The molecule has 2 nitrogen and oxygen atoms in total. The Morgan fingerprint density at radius 1 is 1.36 bits per heavy atom. The smallest absolute Gasteiger partial charge is 0.223 e. The van der Waals surface area contributed by atoms with Gasteiger partial charge >= 0.3 is 0 Å². The fraction of sp³-hybridized carbons (Fsp3) is 0.909. The fourth-order valence-corrected chi connectivity index (χ4v) is 0.932. The van der Waals surface area contributed by atoms with Crippen LogP contribution in [0.3, 0.4) is 0 Å². The minimum Gasteiger partial charge on any atom is -0.355 e. The predicted molar refractivity (Wildman–Crippen MR) is 61.5 cm³/mol. The molecule has 1 N–H and O–H groups in total. The highest BCUT2D eigenvalue weighted by Gasteiger charge is 2.21. The largest absolute Gasteiger partial charge is 0.355 e. The summed E-state index contributed by atoms with van der Waals surface area (Å²) in [6, 6.07) is 0. The molecule has 3 heteroatoms. The molecule has 0 aliphatic rings. The van der Waals surface area contributed by atoms with Crippen molar-refractivity contribution in [3.63, 3.8) is 0 Å². The van der Waals surface area contributed by atoms with E-state index in [9.17, 15) is 4.79 Å². The monoisotopic (exact) mass is 219 g/mol. The van der Waals surface area contributed by atoms with Crippen LogP contribution >= 0.6 is 11.6 Å². The number of hydrogen-bond acceptors (Lipinski definition) is 1. The van der Waals surface area contributed by atoms with Crippen LogP contribution in [0.2, 0.25) is 0 Å². The van der Waals surface area contributed by atoms with Gasteiger partial charge in [-0.25, -0.2) is 0 Å². The Hall–Kier alpha value is -0.240. The highest BCUT2D eigenvalue weighted by Crippen LogP contribution is 2.16. The summed E-state index contributed by atoms with van der Waals surface area (Å²) in [5.41, 5.74) is -0.0199. The Kier molecular flexibility index (Phi) is 5.50. The number of carbonyl (C=O) groups excluding carboxylic acids is 1. The average Bonchev–Trinajstić information content (AvgIpc) is 2.13. The molecule has 14 heavy (non-hydrogen) atoms. The van der Waals surface area contributed by atoms with E-state index < -0.39 is 0 Å². The summed E-state index contributed by atoms with van der Waals surface area (Å²) >= 11 is 5.77. The van der Waals surface area contributed by atoms with Gasteiger partial charge in [0.25, 0.3) is 0 Å². The van der Waals surface area contributed by atoms with E-state index in [1.807, 2.05) is 20.8 Å². The standard InChI is InChI=1S/C11H22ClNO/c1-8(2)9(3)10(14)13-7-11(4,5)6-12/h8-9H,6-7H2,1-5H3,(H,13,14). The van der Waals surface area contributed by atoms with Crippen LogP contribution in [0, 0.1) is 17.3 Å². The van der Waals surface area contributed by atoms with Crippen molar-refractivity contribution in [1.82, 2.24) is 5.32 Å². The van der Waals surface area contributed by atoms with Crippen molar-refractivity contribution in [3.8, 4) is 0 Å². The summed E-state index contributed by atoms with van der Waals surface area (Å²) in [6.45, 7) is 10.8. The van der Waals surface area contributed by atoms with Crippen LogP contribution in [0.4, 0.5) is 0 Å². The molecule has 0 radical (unpaired) electrons. The molecule has 1 amide bonds. The minimum atomic E-state index is -0.0199. The molecular weight excluding hydrogens is 198 g/mol. The number of hydrogen-bond donors (Lipinski definition) is 1. The average molecular weight is 220 g/mol. The maximum absolute atomic E-state index is 11.6. The number of nitrogens with one attached hydrogen (secondary N) is 1. The molecule has 0 aliphatic heterocycles. The van der Waals surface area contributed by atoms with Crippen LogP contribution in [0.15, 0.2) is 0 Å². The first-order valence-electron chi connectivity index (χ1n) is 5.14. The molecule has 0 heterocycles. The van der Waals surface area contributed by atoms with E-state index in [2.05, 4.69) is 19.2 Å². The molecule has 0 aromatic carbocycles. The predicted octanol–water partition coefficient (Wildman–Crippen LogP) is 2.66. The van der Waals surface area contributed by atoms with Gasteiger partial charge in [-0.15, -0.1) is 11.6 Å². The van der Waals surface area contributed by atoms with E-state index in [0.29, 0.717) is 18.3 Å². The molecule has 0 fully saturated rings. The first-order chi connectivity index (χ1) is 6.30. The van der Waals surface area contributed by atoms with Gasteiger partial charge < -0.3 is 5.32 Å². The lowest BCUT2D eigenvalue weighted by Crippen LogP contribution is -2.39. The normalized spacial score (nSPS) is 14.2. The van der Waals surface area contributed by atoms with Gasteiger partial charge in [0, 0.05) is 18.3 Å². The van der Waals surface area contributed by atoms with Gasteiger partial charge in [-0.2, -0.15) is 0 Å². The van der Waals surface area contributed by atoms with Crippen LogP contribution < -0.4 is 5.32 Å². The van der Waals surface area contributed by atoms with E-state index in [1.54, 1.807) is 0 Å². The van der Waals surface area contributed by atoms with Crippen LogP contribution in [0.5, 0.6) is 0 Å². The maximum atomic E-state index is 11.6. The lowest BCUT2D eigenvalue weighted by atomic mass is 9.94. The van der Waals surface area contributed by atoms with Crippen LogP contribution in [0.25, 0.3) is 0 Å². The highest BCUT2D eigenvalue weighted by molar-refractivity contribution is 6.18. The summed E-state index contributed by atoms with van der Waals surface area (Å²) < 4.78 is 0. The highest BCUT2D eigenvalue weighted by atomic mass is 35.5. The molecule has 0 aromatic rings. The van der Waals surface area contributed by atoms with Gasteiger partial charge in [-0.1, -0.05) is 34.6 Å². The second-order valence-electron chi connectivity index (χ2n) is 5.05. The van der Waals surface area contributed by atoms with Crippen LogP contribution in [-0.4, -0.2) is 18.3 Å². The molecule has 0 aromatic heterocycles. The Balaban J connectivity index is 3.97. The third kappa shape index (κ3) is 4.85. The van der Waals surface area contributed by atoms with Crippen molar-refractivity contribution >= 4 is 17.5 Å². The summed E-state index contributed by atoms with van der Waals surface area (Å²) in [5.74, 6) is 1.14. The molecule has 0 aliphatic carbocycles. The van der Waals surface area contributed by atoms with E-state index in [1.165, 1.54) is 0 Å². The van der Waals surface area contributed by atoms with Gasteiger partial charge in [-0.3, -0.25) is 4.79 Å². The third-order valence-electron chi connectivity index (χ3n) is 2.52. The van der Waals surface area contributed by atoms with Crippen molar-refractivity contribution < 1.29 is 4.79 Å². The van der Waals surface area contributed by atoms with Crippen molar-refractivity contribution in [2.45, 2.75) is 34.6 Å². The molecule has 0 rings (SSSR count). The Labute approximate surface area is 92.4 Å². The van der Waals surface area contributed by atoms with E-state index in [4.69, 9.17) is 11.6 Å². The molecular formula is C11H22ClNO. The third-order valence-corrected chi connectivity index (χ3v) is 3.24. The Bertz CT molecular complexity index is 190. The van der Waals surface area contributed by atoms with Crippen LogP contribution in [-0.2, 0) is 4.79 Å². The summed E-state index contributed by atoms with van der Waals surface area (Å²) in [4.78, 5) is 11.6. The number of carbonyl (C=O) groups is 1. The number of rotatable bonds is 5. The summed E-state index contributed by atoms with van der Waals surface area (Å²) in [7, 11) is 0. The van der Waals surface area contributed by atoms with Crippen LogP contribution in [0.1, 0.15) is 34.6 Å². The topological polar surface area (TPSA) is 29.1 Å². The van der Waals surface area contributed by atoms with Gasteiger partial charge in [-0.05, 0) is 11.3 Å². The number of halogens is 1. The number of alkyl halides is 1. The van der Waals surface area contributed by atoms with E-state index in [-0.39, 0.29) is 17.2 Å². The van der Waals surface area contributed by atoms with Crippen molar-refractivity contribution in [1.29, 1.82) is 0 Å². The number of amides is 1. The second kappa shape index (κ2) is 5.59. The molecule has 0 saturated carbocycles. The van der Waals surface area contributed by atoms with Gasteiger partial charge in [0.15, 0.2) is 0 Å². The van der Waals surface area contributed by atoms with Crippen molar-refractivity contribution in [2.24, 2.45) is 17.3 Å². The van der Waals surface area contributed by atoms with E-state index >= 15 is 0 Å². The first-order valence-corrected chi connectivity index (χ1v) is 5.67. The lowest BCUT2D eigenvalue weighted by Gasteiger charge is -2.23. The minimum absolute atomic E-state index is 0.0199. The summed E-state index contributed by atoms with van der Waals surface area (Å²) in [5, 5.41) is 2.93. The maximum Gasteiger partial charge on any atom is 0.223 e. The molecule has 1 unspecified atom stereocenters. The molecule has 0 bridgehead atoms. The molecule has 1 atom stereocenters. The molecule has 0 saturated heterocycles. The second-order valence-corrected chi connectivity index (χ2v) is 5.32.